The molecule has 3 fully saturated rings. The first-order chi connectivity index (χ1) is 25.0. The number of aldehydes is 1. The van der Waals surface area contributed by atoms with Gasteiger partial charge in [-0.3, -0.25) is 9.59 Å². The summed E-state index contributed by atoms with van der Waals surface area (Å²) in [6, 6.07) is 5.79. The summed E-state index contributed by atoms with van der Waals surface area (Å²) >= 11 is 0. The van der Waals surface area contributed by atoms with E-state index in [2.05, 4.69) is 13.8 Å². The maximum absolute atomic E-state index is 14.0. The highest BCUT2D eigenvalue weighted by atomic mass is 16.6. The zero-order chi connectivity index (χ0) is 39.3. The van der Waals surface area contributed by atoms with Crippen molar-refractivity contribution in [3.05, 3.63) is 18.2 Å². The largest absolute Gasteiger partial charge is 0.476 e. The van der Waals surface area contributed by atoms with Crippen LogP contribution >= 0.6 is 0 Å². The van der Waals surface area contributed by atoms with E-state index in [-0.39, 0.29) is 35.8 Å². The smallest absolute Gasteiger partial charge is 0.410 e. The Balaban J connectivity index is 0.000000422. The average molecular weight is 744 g/mol. The van der Waals surface area contributed by atoms with Gasteiger partial charge >= 0.3 is 6.09 Å². The first-order valence-corrected chi connectivity index (χ1v) is 19.9. The minimum Gasteiger partial charge on any atom is -0.476 e. The van der Waals surface area contributed by atoms with Gasteiger partial charge in [-0.05, 0) is 110 Å². The molecule has 11 nitrogen and oxygen atoms in total. The van der Waals surface area contributed by atoms with Crippen molar-refractivity contribution in [3.63, 3.8) is 0 Å². The van der Waals surface area contributed by atoms with Crippen LogP contribution in [0.4, 0.5) is 16.2 Å². The zero-order valence-electron chi connectivity index (χ0n) is 34.4. The molecule has 2 saturated carbocycles. The SMILES string of the molecule is CC=O.COCC(C)CC1CCCCC1.COCCCN1C(=O)C(C)(C)Oc2ccc(N(C(=O)[C@@H]3C[C@H](C)CN(C(=O)OC(C)(C)C)C3)C3CC3)cc21. The van der Waals surface area contributed by atoms with Gasteiger partial charge in [-0.25, -0.2) is 4.79 Å². The molecule has 2 heterocycles. The number of amides is 3. The average Bonchev–Trinajstić information content (AvgIpc) is 3.92. The molecule has 53 heavy (non-hydrogen) atoms. The van der Waals surface area contributed by atoms with Crippen molar-refractivity contribution >= 4 is 35.6 Å². The van der Waals surface area contributed by atoms with E-state index in [1.165, 1.54) is 45.4 Å². The number of piperidine rings is 1. The second-order valence-corrected chi connectivity index (χ2v) is 17.0. The van der Waals surface area contributed by atoms with Crippen LogP contribution in [0.25, 0.3) is 0 Å². The summed E-state index contributed by atoms with van der Waals surface area (Å²) in [7, 11) is 3.45. The minimum absolute atomic E-state index is 0.0156. The number of hydrogen-bond donors (Lipinski definition) is 0. The Kier molecular flexibility index (Phi) is 17.1. The van der Waals surface area contributed by atoms with Gasteiger partial charge in [0.05, 0.1) is 11.6 Å². The number of benzene rings is 1. The number of ether oxygens (including phenoxy) is 4. The predicted molar refractivity (Wildman–Crippen MR) is 210 cm³/mol. The molecule has 2 aliphatic carbocycles. The number of rotatable bonds is 11. The highest BCUT2D eigenvalue weighted by Crippen LogP contribution is 2.43. The molecule has 0 radical (unpaired) electrons. The Morgan fingerprint density at radius 2 is 1.72 bits per heavy atom. The van der Waals surface area contributed by atoms with Gasteiger partial charge in [-0.1, -0.05) is 46.0 Å². The maximum Gasteiger partial charge on any atom is 0.410 e. The molecular formula is C42H69N3O8. The fourth-order valence-corrected chi connectivity index (χ4v) is 7.69. The first kappa shape index (κ1) is 44.2. The Morgan fingerprint density at radius 1 is 1.06 bits per heavy atom. The van der Waals surface area contributed by atoms with Crippen molar-refractivity contribution in [2.75, 3.05) is 56.9 Å². The van der Waals surface area contributed by atoms with Gasteiger partial charge in [0.1, 0.15) is 17.6 Å². The van der Waals surface area contributed by atoms with Crippen LogP contribution in [-0.4, -0.2) is 93.4 Å². The van der Waals surface area contributed by atoms with Crippen molar-refractivity contribution in [1.82, 2.24) is 4.90 Å². The monoisotopic (exact) mass is 744 g/mol. The molecule has 1 saturated heterocycles. The topological polar surface area (TPSA) is 115 Å². The van der Waals surface area contributed by atoms with Crippen molar-refractivity contribution in [2.45, 2.75) is 137 Å². The molecule has 2 aliphatic heterocycles. The highest BCUT2D eigenvalue weighted by Gasteiger charge is 2.44. The summed E-state index contributed by atoms with van der Waals surface area (Å²) < 4.78 is 22.0. The van der Waals surface area contributed by atoms with E-state index in [1.807, 2.05) is 43.9 Å². The van der Waals surface area contributed by atoms with Crippen LogP contribution in [0.5, 0.6) is 5.75 Å². The summed E-state index contributed by atoms with van der Waals surface area (Å²) in [6.45, 7) is 17.8. The minimum atomic E-state index is -0.975. The van der Waals surface area contributed by atoms with Gasteiger partial charge in [0.25, 0.3) is 5.91 Å². The van der Waals surface area contributed by atoms with Crippen molar-refractivity contribution in [3.8, 4) is 5.75 Å². The maximum atomic E-state index is 14.0. The van der Waals surface area contributed by atoms with E-state index in [4.69, 9.17) is 23.7 Å². The lowest BCUT2D eigenvalue weighted by atomic mass is 9.83. The van der Waals surface area contributed by atoms with E-state index in [9.17, 15) is 14.4 Å². The second kappa shape index (κ2) is 20.5. The predicted octanol–water partition coefficient (Wildman–Crippen LogP) is 8.06. The number of carbonyl (C=O) groups excluding carboxylic acids is 4. The Bertz CT molecular complexity index is 1330. The van der Waals surface area contributed by atoms with Gasteiger partial charge in [-0.2, -0.15) is 0 Å². The summed E-state index contributed by atoms with van der Waals surface area (Å²) in [4.78, 5) is 54.2. The molecule has 3 amide bonds. The number of nitrogens with zero attached hydrogens (tertiary/aromatic N) is 3. The standard InChI is InChI=1S/C29H43N3O6.C11H22O.C2H4O/c1-19-15-20(18-30(17-19)27(35)38-28(2,3)4)25(33)32(21-9-10-21)22-11-12-24-23(16-22)31(13-8-14-36-7)26(34)29(5,6)37-24;1-10(9-12-2)8-11-6-4-3-5-7-11;1-2-3/h11-12,16,19-21H,8-10,13-15,17-18H2,1-7H3;10-11H,3-9H2,1-2H3;2H,1H3/t19-,20+;;/m0../s1. The number of methoxy groups -OCH3 is 2. The molecule has 5 rings (SSSR count). The Hall–Kier alpha value is -3.18. The van der Waals surface area contributed by atoms with Gasteiger partial charge in [0.2, 0.25) is 5.91 Å². The molecule has 1 aromatic rings. The molecular weight excluding hydrogens is 674 g/mol. The van der Waals surface area contributed by atoms with Crippen LogP contribution in [0.1, 0.15) is 120 Å². The van der Waals surface area contributed by atoms with Gasteiger partial charge in [0, 0.05) is 58.8 Å². The molecule has 0 N–H and O–H groups in total. The van der Waals surface area contributed by atoms with Crippen LogP contribution in [0.2, 0.25) is 0 Å². The van der Waals surface area contributed by atoms with E-state index < -0.39 is 11.2 Å². The number of anilines is 2. The third kappa shape index (κ3) is 13.6. The van der Waals surface area contributed by atoms with E-state index in [0.29, 0.717) is 50.5 Å². The van der Waals surface area contributed by atoms with Crippen molar-refractivity contribution in [2.24, 2.45) is 23.7 Å². The highest BCUT2D eigenvalue weighted by molar-refractivity contribution is 6.04. The van der Waals surface area contributed by atoms with Gasteiger partial charge in [-0.15, -0.1) is 0 Å². The van der Waals surface area contributed by atoms with Gasteiger partial charge in [0.15, 0.2) is 5.60 Å². The molecule has 3 atom stereocenters. The third-order valence-corrected chi connectivity index (χ3v) is 10.1. The lowest BCUT2D eigenvalue weighted by Crippen LogP contribution is -2.53. The van der Waals surface area contributed by atoms with E-state index in [0.717, 1.165) is 43.3 Å². The normalized spacial score (nSPS) is 21.8. The molecule has 300 valence electrons. The second-order valence-electron chi connectivity index (χ2n) is 17.0. The zero-order valence-corrected chi connectivity index (χ0v) is 34.4. The molecule has 1 unspecified atom stereocenters. The first-order valence-electron chi connectivity index (χ1n) is 19.9. The van der Waals surface area contributed by atoms with Crippen LogP contribution in [0.3, 0.4) is 0 Å². The Morgan fingerprint density at radius 3 is 2.30 bits per heavy atom. The fourth-order valence-electron chi connectivity index (χ4n) is 7.69. The molecule has 0 bridgehead atoms. The molecule has 0 spiro atoms. The number of fused-ring (bicyclic) bond motifs is 1. The third-order valence-electron chi connectivity index (χ3n) is 10.1. The lowest BCUT2D eigenvalue weighted by molar-refractivity contribution is -0.132. The molecule has 0 aromatic heterocycles. The fraction of sp³-hybridized carbons (Fsp3) is 0.762. The van der Waals surface area contributed by atoms with Crippen LogP contribution in [0, 0.1) is 23.7 Å². The summed E-state index contributed by atoms with van der Waals surface area (Å²) in [6.07, 6.45) is 12.3. The molecule has 4 aliphatic rings. The lowest BCUT2D eigenvalue weighted by Gasteiger charge is -2.40. The van der Waals surface area contributed by atoms with E-state index in [1.54, 1.807) is 37.9 Å². The molecule has 1 aromatic carbocycles. The number of carbonyl (C=O) groups is 4. The van der Waals surface area contributed by atoms with Crippen LogP contribution in [0.15, 0.2) is 18.2 Å². The Labute approximate surface area is 319 Å². The van der Waals surface area contributed by atoms with Crippen LogP contribution in [-0.2, 0) is 28.6 Å². The van der Waals surface area contributed by atoms with Gasteiger partial charge < -0.3 is 38.4 Å². The summed E-state index contributed by atoms with van der Waals surface area (Å²) in [5, 5.41) is 0. The number of likely N-dealkylation sites (tertiary alicyclic amines) is 1. The quantitative estimate of drug-likeness (QED) is 0.165. The summed E-state index contributed by atoms with van der Waals surface area (Å²) in [5.41, 5.74) is -0.138. The van der Waals surface area contributed by atoms with Crippen molar-refractivity contribution in [1.29, 1.82) is 0 Å². The number of hydrogen-bond acceptors (Lipinski definition) is 8. The molecule has 11 heteroatoms. The van der Waals surface area contributed by atoms with E-state index >= 15 is 0 Å². The summed E-state index contributed by atoms with van der Waals surface area (Å²) in [5.74, 6) is 2.15. The van der Waals surface area contributed by atoms with Crippen molar-refractivity contribution < 1.29 is 38.1 Å². The van der Waals surface area contributed by atoms with Crippen LogP contribution < -0.4 is 14.5 Å².